The van der Waals surface area contributed by atoms with Gasteiger partial charge in [0, 0.05) is 22.6 Å². The van der Waals surface area contributed by atoms with E-state index in [1.165, 1.54) is 24.3 Å². The molecular formula is C25H20FNO4. The summed E-state index contributed by atoms with van der Waals surface area (Å²) in [5, 5.41) is 11.7. The van der Waals surface area contributed by atoms with E-state index in [0.29, 0.717) is 16.9 Å². The van der Waals surface area contributed by atoms with Crippen LogP contribution >= 0.6 is 0 Å². The maximum atomic E-state index is 13.6. The minimum absolute atomic E-state index is 0.00302. The van der Waals surface area contributed by atoms with Crippen LogP contribution in [0.15, 0.2) is 66.7 Å². The minimum atomic E-state index is -0.782. The summed E-state index contributed by atoms with van der Waals surface area (Å²) in [5.74, 6) is -1.75. The second-order valence-electron chi connectivity index (χ2n) is 7.32. The van der Waals surface area contributed by atoms with E-state index in [2.05, 4.69) is 0 Å². The van der Waals surface area contributed by atoms with Crippen molar-refractivity contribution in [3.63, 3.8) is 0 Å². The van der Waals surface area contributed by atoms with Gasteiger partial charge in [0.15, 0.2) is 6.61 Å². The smallest absolute Gasteiger partial charge is 0.342 e. The van der Waals surface area contributed by atoms with Gasteiger partial charge in [-0.2, -0.15) is 0 Å². The predicted octanol–water partition coefficient (Wildman–Crippen LogP) is 5.13. The molecule has 0 atom stereocenters. The number of hydrogen-bond acceptors (Lipinski definition) is 4. The lowest BCUT2D eigenvalue weighted by Gasteiger charge is -2.10. The average Bonchev–Trinajstić information content (AvgIpc) is 3.05. The van der Waals surface area contributed by atoms with Crippen molar-refractivity contribution in [3.8, 4) is 11.4 Å². The van der Waals surface area contributed by atoms with Gasteiger partial charge in [0.25, 0.3) is 0 Å². The molecule has 0 spiro atoms. The molecule has 1 N–H and O–H groups in total. The monoisotopic (exact) mass is 417 g/mol. The normalized spacial score (nSPS) is 10.9. The van der Waals surface area contributed by atoms with E-state index in [0.717, 1.165) is 16.5 Å². The van der Waals surface area contributed by atoms with Crippen LogP contribution in [0.3, 0.4) is 0 Å². The van der Waals surface area contributed by atoms with Crippen molar-refractivity contribution < 1.29 is 23.8 Å². The lowest BCUT2D eigenvalue weighted by Crippen LogP contribution is -2.15. The number of Topliss-reactive ketones (excluding diaryl/α,β-unsaturated/α-hetero) is 1. The summed E-state index contributed by atoms with van der Waals surface area (Å²) in [7, 11) is 0. The van der Waals surface area contributed by atoms with Gasteiger partial charge in [-0.05, 0) is 61.0 Å². The molecule has 6 heteroatoms. The Morgan fingerprint density at radius 2 is 1.65 bits per heavy atom. The lowest BCUT2D eigenvalue weighted by molar-refractivity contribution is 0.0472. The first kappa shape index (κ1) is 20.3. The summed E-state index contributed by atoms with van der Waals surface area (Å²) in [6, 6.07) is 18.1. The standard InChI is InChI=1S/C25H20FNO4/c1-15-10-21(16(2)27(15)20-9-5-8-19(26)13-20)24(29)14-31-25(30)22-11-17-6-3-4-7-18(17)12-23(22)28/h3-13,28H,14H2,1-2H3. The highest BCUT2D eigenvalue weighted by atomic mass is 19.1. The third-order valence-corrected chi connectivity index (χ3v) is 5.22. The van der Waals surface area contributed by atoms with Crippen molar-refractivity contribution >= 4 is 22.5 Å². The summed E-state index contributed by atoms with van der Waals surface area (Å²) < 4.78 is 20.6. The van der Waals surface area contributed by atoms with Crippen LogP contribution in [-0.4, -0.2) is 28.0 Å². The molecular weight excluding hydrogens is 397 g/mol. The molecule has 3 aromatic carbocycles. The molecule has 156 valence electrons. The summed E-state index contributed by atoms with van der Waals surface area (Å²) in [5.41, 5.74) is 2.36. The molecule has 0 fully saturated rings. The van der Waals surface area contributed by atoms with Crippen LogP contribution in [0.5, 0.6) is 5.75 Å². The quantitative estimate of drug-likeness (QED) is 0.361. The number of fused-ring (bicyclic) bond motifs is 1. The van der Waals surface area contributed by atoms with Gasteiger partial charge < -0.3 is 14.4 Å². The second-order valence-corrected chi connectivity index (χ2v) is 7.32. The molecule has 5 nitrogen and oxygen atoms in total. The molecule has 0 saturated heterocycles. The minimum Gasteiger partial charge on any atom is -0.507 e. The summed E-state index contributed by atoms with van der Waals surface area (Å²) >= 11 is 0. The van der Waals surface area contributed by atoms with E-state index in [-0.39, 0.29) is 22.9 Å². The van der Waals surface area contributed by atoms with Crippen molar-refractivity contribution in [1.82, 2.24) is 4.57 Å². The lowest BCUT2D eigenvalue weighted by atomic mass is 10.1. The highest BCUT2D eigenvalue weighted by Crippen LogP contribution is 2.26. The van der Waals surface area contributed by atoms with Crippen LogP contribution in [0.4, 0.5) is 4.39 Å². The van der Waals surface area contributed by atoms with Gasteiger partial charge in [-0.25, -0.2) is 9.18 Å². The number of aromatic nitrogens is 1. The first-order valence-electron chi connectivity index (χ1n) is 9.72. The number of ether oxygens (including phenoxy) is 1. The Morgan fingerprint density at radius 3 is 2.35 bits per heavy atom. The van der Waals surface area contributed by atoms with Gasteiger partial charge >= 0.3 is 5.97 Å². The number of carbonyl (C=O) groups is 2. The fraction of sp³-hybridized carbons (Fsp3) is 0.120. The highest BCUT2D eigenvalue weighted by molar-refractivity contribution is 6.02. The molecule has 0 unspecified atom stereocenters. The Kier molecular flexibility index (Phi) is 5.29. The first-order chi connectivity index (χ1) is 14.8. The Hall–Kier alpha value is -3.93. The topological polar surface area (TPSA) is 68.5 Å². The van der Waals surface area contributed by atoms with Crippen molar-refractivity contribution in [2.45, 2.75) is 13.8 Å². The number of nitrogens with zero attached hydrogens (tertiary/aromatic N) is 1. The van der Waals surface area contributed by atoms with Crippen LogP contribution in [0.25, 0.3) is 16.5 Å². The zero-order valence-corrected chi connectivity index (χ0v) is 17.1. The molecule has 0 saturated carbocycles. The Bertz CT molecular complexity index is 1320. The van der Waals surface area contributed by atoms with E-state index in [1.807, 2.05) is 31.2 Å². The van der Waals surface area contributed by atoms with E-state index < -0.39 is 12.6 Å². The van der Waals surface area contributed by atoms with Crippen molar-refractivity contribution in [3.05, 3.63) is 95.1 Å². The zero-order valence-electron chi connectivity index (χ0n) is 17.1. The first-order valence-corrected chi connectivity index (χ1v) is 9.72. The average molecular weight is 417 g/mol. The second kappa shape index (κ2) is 8.07. The third-order valence-electron chi connectivity index (χ3n) is 5.22. The maximum absolute atomic E-state index is 13.6. The van der Waals surface area contributed by atoms with Gasteiger partial charge in [-0.1, -0.05) is 30.3 Å². The van der Waals surface area contributed by atoms with E-state index in [9.17, 15) is 19.1 Å². The Balaban J connectivity index is 1.54. The summed E-state index contributed by atoms with van der Waals surface area (Å²) in [6.45, 7) is 3.09. The summed E-state index contributed by atoms with van der Waals surface area (Å²) in [4.78, 5) is 25.2. The third kappa shape index (κ3) is 3.92. The number of ketones is 1. The largest absolute Gasteiger partial charge is 0.507 e. The Labute approximate surface area is 178 Å². The van der Waals surface area contributed by atoms with Crippen LogP contribution in [-0.2, 0) is 4.74 Å². The maximum Gasteiger partial charge on any atom is 0.342 e. The van der Waals surface area contributed by atoms with E-state index in [1.54, 1.807) is 29.7 Å². The SMILES string of the molecule is Cc1cc(C(=O)COC(=O)c2cc3ccccc3cc2O)c(C)n1-c1cccc(F)c1. The number of phenols is 1. The number of halogens is 1. The summed E-state index contributed by atoms with van der Waals surface area (Å²) in [6.07, 6.45) is 0. The number of carbonyl (C=O) groups excluding carboxylic acids is 2. The number of esters is 1. The number of rotatable bonds is 5. The number of hydrogen-bond donors (Lipinski definition) is 1. The van der Waals surface area contributed by atoms with Crippen molar-refractivity contribution in [1.29, 1.82) is 0 Å². The number of aromatic hydroxyl groups is 1. The van der Waals surface area contributed by atoms with Crippen LogP contribution in [0, 0.1) is 19.7 Å². The van der Waals surface area contributed by atoms with Crippen LogP contribution in [0.2, 0.25) is 0 Å². The molecule has 0 radical (unpaired) electrons. The zero-order chi connectivity index (χ0) is 22.1. The molecule has 0 aliphatic carbocycles. The molecule has 0 aliphatic heterocycles. The van der Waals surface area contributed by atoms with Gasteiger partial charge in [0.05, 0.1) is 0 Å². The van der Waals surface area contributed by atoms with Gasteiger partial charge in [-0.15, -0.1) is 0 Å². The van der Waals surface area contributed by atoms with Crippen molar-refractivity contribution in [2.75, 3.05) is 6.61 Å². The molecule has 31 heavy (non-hydrogen) atoms. The van der Waals surface area contributed by atoms with Gasteiger partial charge in [0.2, 0.25) is 5.78 Å². The van der Waals surface area contributed by atoms with Gasteiger partial charge in [0.1, 0.15) is 17.1 Å². The molecule has 1 heterocycles. The molecule has 0 aliphatic rings. The van der Waals surface area contributed by atoms with Crippen LogP contribution < -0.4 is 0 Å². The Morgan fingerprint density at radius 1 is 0.935 bits per heavy atom. The number of aryl methyl sites for hydroxylation is 1. The molecule has 1 aromatic heterocycles. The molecule has 4 aromatic rings. The predicted molar refractivity (Wildman–Crippen MR) is 115 cm³/mol. The molecule has 0 amide bonds. The molecule has 0 bridgehead atoms. The number of benzene rings is 3. The van der Waals surface area contributed by atoms with Crippen LogP contribution in [0.1, 0.15) is 32.1 Å². The van der Waals surface area contributed by atoms with E-state index in [4.69, 9.17) is 4.74 Å². The number of phenolic OH excluding ortho intramolecular Hbond substituents is 1. The molecule has 4 rings (SSSR count). The fourth-order valence-electron chi connectivity index (χ4n) is 3.74. The van der Waals surface area contributed by atoms with Gasteiger partial charge in [-0.3, -0.25) is 4.79 Å². The highest BCUT2D eigenvalue weighted by Gasteiger charge is 2.20. The van der Waals surface area contributed by atoms with Crippen molar-refractivity contribution in [2.24, 2.45) is 0 Å². The van der Waals surface area contributed by atoms with E-state index >= 15 is 0 Å². The fourth-order valence-corrected chi connectivity index (χ4v) is 3.74.